The molecule has 1 unspecified atom stereocenters. The Morgan fingerprint density at radius 1 is 1.05 bits per heavy atom. The van der Waals surface area contributed by atoms with Gasteiger partial charge in [0.1, 0.15) is 11.5 Å². The lowest BCUT2D eigenvalue weighted by Crippen LogP contribution is -2.47. The third kappa shape index (κ3) is 2.17. The maximum atomic E-state index is 9.73. The number of piperazine rings is 1. The van der Waals surface area contributed by atoms with Crippen molar-refractivity contribution in [3.8, 4) is 22.6 Å². The van der Waals surface area contributed by atoms with Crippen molar-refractivity contribution in [2.45, 2.75) is 6.23 Å². The molecule has 2 aliphatic rings. The van der Waals surface area contributed by atoms with Crippen LogP contribution in [0.4, 0.5) is 0 Å². The molecule has 4 heteroatoms. The number of hydrogen-bond acceptors (Lipinski definition) is 4. The van der Waals surface area contributed by atoms with Gasteiger partial charge in [-0.05, 0) is 17.7 Å². The quantitative estimate of drug-likeness (QED) is 0.843. The summed E-state index contributed by atoms with van der Waals surface area (Å²) in [5.74, 6) is 1.00. The van der Waals surface area contributed by atoms with Crippen LogP contribution >= 0.6 is 0 Å². The average Bonchev–Trinajstić information content (AvgIpc) is 2.54. The van der Waals surface area contributed by atoms with E-state index >= 15 is 0 Å². The standard InChI is InChI=1S/C17H18N2O2/c20-12-5-6-14-13-3-1-2-4-15(13)17(21-16(14)11-12)19-9-7-18-8-10-19/h1-6,11,17-18,20H,7-10H2. The van der Waals surface area contributed by atoms with Crippen molar-refractivity contribution < 1.29 is 9.84 Å². The molecule has 2 aromatic rings. The fraction of sp³-hybridized carbons (Fsp3) is 0.294. The number of rotatable bonds is 1. The van der Waals surface area contributed by atoms with Gasteiger partial charge in [-0.15, -0.1) is 0 Å². The summed E-state index contributed by atoms with van der Waals surface area (Å²) in [7, 11) is 0. The first-order valence-electron chi connectivity index (χ1n) is 7.37. The summed E-state index contributed by atoms with van der Waals surface area (Å²) in [6.45, 7) is 3.89. The van der Waals surface area contributed by atoms with Gasteiger partial charge in [-0.25, -0.2) is 0 Å². The molecule has 0 aromatic heterocycles. The fourth-order valence-electron chi connectivity index (χ4n) is 3.16. The zero-order chi connectivity index (χ0) is 14.2. The molecule has 1 fully saturated rings. The average molecular weight is 282 g/mol. The number of hydrogen-bond donors (Lipinski definition) is 2. The summed E-state index contributed by atoms with van der Waals surface area (Å²) >= 11 is 0. The largest absolute Gasteiger partial charge is 0.508 e. The normalized spacial score (nSPS) is 21.2. The molecule has 0 spiro atoms. The first kappa shape index (κ1) is 12.7. The predicted molar refractivity (Wildman–Crippen MR) is 81.4 cm³/mol. The molecule has 21 heavy (non-hydrogen) atoms. The van der Waals surface area contributed by atoms with Gasteiger partial charge in [0.15, 0.2) is 6.23 Å². The van der Waals surface area contributed by atoms with Crippen LogP contribution in [0.3, 0.4) is 0 Å². The Morgan fingerprint density at radius 2 is 1.86 bits per heavy atom. The van der Waals surface area contributed by atoms with Gasteiger partial charge in [-0.3, -0.25) is 4.90 Å². The molecule has 0 amide bonds. The van der Waals surface area contributed by atoms with E-state index in [1.165, 1.54) is 11.1 Å². The van der Waals surface area contributed by atoms with E-state index in [1.54, 1.807) is 12.1 Å². The van der Waals surface area contributed by atoms with E-state index in [2.05, 4.69) is 34.5 Å². The van der Waals surface area contributed by atoms with E-state index in [4.69, 9.17) is 4.74 Å². The minimum Gasteiger partial charge on any atom is -0.508 e. The molecular formula is C17H18N2O2. The lowest BCUT2D eigenvalue weighted by molar-refractivity contribution is 0.0133. The predicted octanol–water partition coefficient (Wildman–Crippen LogP) is 2.36. The lowest BCUT2D eigenvalue weighted by Gasteiger charge is -2.38. The van der Waals surface area contributed by atoms with Crippen LogP contribution in [0.15, 0.2) is 42.5 Å². The van der Waals surface area contributed by atoms with E-state index in [-0.39, 0.29) is 12.0 Å². The van der Waals surface area contributed by atoms with E-state index in [0.717, 1.165) is 37.5 Å². The highest BCUT2D eigenvalue weighted by Crippen LogP contribution is 2.44. The summed E-state index contributed by atoms with van der Waals surface area (Å²) in [6, 6.07) is 13.7. The minimum atomic E-state index is -0.0717. The van der Waals surface area contributed by atoms with Crippen LogP contribution in [0.5, 0.6) is 11.5 Å². The van der Waals surface area contributed by atoms with Gasteiger partial charge in [0.2, 0.25) is 0 Å². The smallest absolute Gasteiger partial charge is 0.179 e. The number of phenolic OH excluding ortho intramolecular Hbond substituents is 1. The second kappa shape index (κ2) is 5.06. The van der Waals surface area contributed by atoms with Crippen LogP contribution < -0.4 is 10.1 Å². The molecule has 4 rings (SSSR count). The van der Waals surface area contributed by atoms with Crippen molar-refractivity contribution in [1.82, 2.24) is 10.2 Å². The van der Waals surface area contributed by atoms with E-state index in [1.807, 2.05) is 6.07 Å². The van der Waals surface area contributed by atoms with Crippen molar-refractivity contribution in [3.05, 3.63) is 48.0 Å². The Kier molecular flexibility index (Phi) is 3.05. The molecule has 1 saturated heterocycles. The third-order valence-electron chi connectivity index (χ3n) is 4.20. The van der Waals surface area contributed by atoms with Crippen molar-refractivity contribution >= 4 is 0 Å². The molecule has 108 valence electrons. The van der Waals surface area contributed by atoms with Gasteiger partial charge in [-0.1, -0.05) is 24.3 Å². The Balaban J connectivity index is 1.81. The molecule has 0 radical (unpaired) electrons. The van der Waals surface area contributed by atoms with E-state index in [0.29, 0.717) is 0 Å². The number of nitrogens with zero attached hydrogens (tertiary/aromatic N) is 1. The van der Waals surface area contributed by atoms with Crippen LogP contribution in [0.25, 0.3) is 11.1 Å². The van der Waals surface area contributed by atoms with Gasteiger partial charge in [0.25, 0.3) is 0 Å². The van der Waals surface area contributed by atoms with Gasteiger partial charge in [0, 0.05) is 43.4 Å². The molecule has 0 aliphatic carbocycles. The molecule has 2 heterocycles. The lowest BCUT2D eigenvalue weighted by atomic mass is 9.94. The van der Waals surface area contributed by atoms with Crippen molar-refractivity contribution in [1.29, 1.82) is 0 Å². The molecule has 2 aromatic carbocycles. The summed E-state index contributed by atoms with van der Waals surface area (Å²) < 4.78 is 6.22. The van der Waals surface area contributed by atoms with Crippen molar-refractivity contribution in [3.63, 3.8) is 0 Å². The molecule has 2 N–H and O–H groups in total. The first-order chi connectivity index (χ1) is 10.3. The van der Waals surface area contributed by atoms with Crippen molar-refractivity contribution in [2.24, 2.45) is 0 Å². The zero-order valence-electron chi connectivity index (χ0n) is 11.7. The van der Waals surface area contributed by atoms with Crippen LogP contribution in [0, 0.1) is 0 Å². The van der Waals surface area contributed by atoms with Crippen molar-refractivity contribution in [2.75, 3.05) is 26.2 Å². The number of aromatic hydroxyl groups is 1. The highest BCUT2D eigenvalue weighted by Gasteiger charge is 2.31. The maximum absolute atomic E-state index is 9.73. The van der Waals surface area contributed by atoms with Crippen LogP contribution in [0.2, 0.25) is 0 Å². The maximum Gasteiger partial charge on any atom is 0.179 e. The summed E-state index contributed by atoms with van der Waals surface area (Å²) in [6.07, 6.45) is -0.0717. The second-order valence-electron chi connectivity index (χ2n) is 5.52. The zero-order valence-corrected chi connectivity index (χ0v) is 11.7. The Bertz CT molecular complexity index is 666. The highest BCUT2D eigenvalue weighted by atomic mass is 16.5. The SMILES string of the molecule is Oc1ccc2c(c1)OC(N1CCNCC1)c1ccccc1-2. The Hall–Kier alpha value is -2.04. The third-order valence-corrected chi connectivity index (χ3v) is 4.20. The number of fused-ring (bicyclic) bond motifs is 3. The molecule has 2 aliphatic heterocycles. The van der Waals surface area contributed by atoms with E-state index in [9.17, 15) is 5.11 Å². The van der Waals surface area contributed by atoms with Gasteiger partial charge < -0.3 is 15.2 Å². The number of ether oxygens (including phenoxy) is 1. The monoisotopic (exact) mass is 282 g/mol. The minimum absolute atomic E-state index is 0.0717. The molecular weight excluding hydrogens is 264 g/mol. The van der Waals surface area contributed by atoms with Gasteiger partial charge in [-0.2, -0.15) is 0 Å². The summed E-state index contributed by atoms with van der Waals surface area (Å²) in [5, 5.41) is 13.1. The van der Waals surface area contributed by atoms with Crippen LogP contribution in [-0.4, -0.2) is 36.2 Å². The van der Waals surface area contributed by atoms with Gasteiger partial charge >= 0.3 is 0 Å². The number of phenols is 1. The molecule has 0 bridgehead atoms. The highest BCUT2D eigenvalue weighted by molar-refractivity contribution is 5.76. The molecule has 0 saturated carbocycles. The fourth-order valence-corrected chi connectivity index (χ4v) is 3.16. The molecule has 4 nitrogen and oxygen atoms in total. The molecule has 1 atom stereocenters. The number of nitrogens with one attached hydrogen (secondary N) is 1. The van der Waals surface area contributed by atoms with Crippen LogP contribution in [0.1, 0.15) is 11.8 Å². The topological polar surface area (TPSA) is 44.7 Å². The van der Waals surface area contributed by atoms with E-state index < -0.39 is 0 Å². The van der Waals surface area contributed by atoms with Gasteiger partial charge in [0.05, 0.1) is 0 Å². The summed E-state index contributed by atoms with van der Waals surface area (Å²) in [5.41, 5.74) is 3.45. The Morgan fingerprint density at radius 3 is 2.71 bits per heavy atom. The van der Waals surface area contributed by atoms with Crippen LogP contribution in [-0.2, 0) is 0 Å². The Labute approximate surface area is 124 Å². The number of benzene rings is 2. The first-order valence-corrected chi connectivity index (χ1v) is 7.37. The summed E-state index contributed by atoms with van der Waals surface area (Å²) in [4.78, 5) is 2.35. The second-order valence-corrected chi connectivity index (χ2v) is 5.52.